The molecule has 87 valence electrons. The van der Waals surface area contributed by atoms with Gasteiger partial charge in [-0.25, -0.2) is 0 Å². The third-order valence-electron chi connectivity index (χ3n) is 2.34. The molecule has 0 saturated carbocycles. The zero-order chi connectivity index (χ0) is 9.78. The summed E-state index contributed by atoms with van der Waals surface area (Å²) in [6.07, 6.45) is 14.4. The second-order valence-corrected chi connectivity index (χ2v) is 5.13. The predicted molar refractivity (Wildman–Crippen MR) is 72.2 cm³/mol. The highest BCUT2D eigenvalue weighted by Crippen LogP contribution is 2.16. The Kier molecular flexibility index (Phi) is 19.8. The first-order valence-electron chi connectivity index (χ1n) is 6.05. The largest absolute Gasteiger partial charge is 0.147 e. The smallest absolute Gasteiger partial charge is 0.0287 e. The Morgan fingerprint density at radius 1 is 0.643 bits per heavy atom. The first-order chi connectivity index (χ1) is 6.41. The van der Waals surface area contributed by atoms with Crippen molar-refractivity contribution in [2.75, 3.05) is 12.3 Å². The van der Waals surface area contributed by atoms with Crippen LogP contribution in [0.5, 0.6) is 0 Å². The number of halogens is 1. The van der Waals surface area contributed by atoms with Crippen LogP contribution in [0.25, 0.3) is 0 Å². The Hall–Kier alpha value is 0.720. The number of hydrogen-bond acceptors (Lipinski definition) is 0. The van der Waals surface area contributed by atoms with Crippen LogP contribution in [-0.2, 0) is 0 Å². The fourth-order valence-corrected chi connectivity index (χ4v) is 2.60. The number of hydrogen-bond donors (Lipinski definition) is 0. The predicted octanol–water partition coefficient (Wildman–Crippen LogP) is 5.52. The van der Waals surface area contributed by atoms with Crippen molar-refractivity contribution in [1.82, 2.24) is 0 Å². The molecule has 1 radical (unpaired) electrons. The van der Waals surface area contributed by atoms with Gasteiger partial charge in [-0.15, -0.1) is 12.4 Å². The average Bonchev–Trinajstić information content (AvgIpc) is 2.16. The summed E-state index contributed by atoms with van der Waals surface area (Å²) in [7, 11) is 1.70. The molecule has 0 N–H and O–H groups in total. The Balaban J connectivity index is 0. The summed E-state index contributed by atoms with van der Waals surface area (Å²) in [5, 5.41) is 0. The topological polar surface area (TPSA) is 0 Å². The molecule has 0 atom stereocenters. The second kappa shape index (κ2) is 16.2. The molecule has 0 aliphatic carbocycles. The van der Waals surface area contributed by atoms with E-state index in [0.717, 1.165) is 0 Å². The molecule has 0 aliphatic heterocycles. The van der Waals surface area contributed by atoms with Crippen LogP contribution < -0.4 is 0 Å². The minimum absolute atomic E-state index is 0. The third kappa shape index (κ3) is 15.2. The summed E-state index contributed by atoms with van der Waals surface area (Å²) < 4.78 is 0. The molecule has 0 heterocycles. The van der Waals surface area contributed by atoms with E-state index in [1.54, 1.807) is 8.58 Å². The molecule has 0 fully saturated rings. The lowest BCUT2D eigenvalue weighted by Gasteiger charge is -2.00. The fraction of sp³-hybridized carbons (Fsp3) is 1.00. The average molecular weight is 238 g/mol. The summed E-state index contributed by atoms with van der Waals surface area (Å²) in [5.74, 6) is 0. The maximum atomic E-state index is 2.28. The molecule has 0 saturated heterocycles. The molecule has 0 aliphatic rings. The van der Waals surface area contributed by atoms with Gasteiger partial charge in [0.15, 0.2) is 0 Å². The Labute approximate surface area is 98.8 Å². The van der Waals surface area contributed by atoms with Crippen LogP contribution in [0, 0.1) is 0 Å². The second-order valence-electron chi connectivity index (χ2n) is 3.79. The summed E-state index contributed by atoms with van der Waals surface area (Å²) in [5.41, 5.74) is 0. The highest BCUT2D eigenvalue weighted by atomic mass is 35.5. The van der Waals surface area contributed by atoms with Crippen molar-refractivity contribution >= 4 is 21.0 Å². The molecule has 14 heavy (non-hydrogen) atoms. The van der Waals surface area contributed by atoms with E-state index in [0.29, 0.717) is 0 Å². The Bertz CT molecular complexity index is 76.4. The van der Waals surface area contributed by atoms with E-state index in [1.807, 2.05) is 0 Å². The quantitative estimate of drug-likeness (QED) is 0.347. The van der Waals surface area contributed by atoms with Gasteiger partial charge in [0.05, 0.1) is 0 Å². The maximum absolute atomic E-state index is 2.28. The Morgan fingerprint density at radius 2 is 1.14 bits per heavy atom. The molecule has 0 rings (SSSR count). The van der Waals surface area contributed by atoms with E-state index < -0.39 is 0 Å². The Morgan fingerprint density at radius 3 is 1.79 bits per heavy atom. The highest BCUT2D eigenvalue weighted by Gasteiger charge is 1.91. The van der Waals surface area contributed by atoms with Gasteiger partial charge in [0, 0.05) is 0 Å². The highest BCUT2D eigenvalue weighted by molar-refractivity contribution is 7.37. The van der Waals surface area contributed by atoms with Crippen LogP contribution in [0.4, 0.5) is 0 Å². The minimum atomic E-state index is 0. The molecule has 0 amide bonds. The van der Waals surface area contributed by atoms with E-state index in [9.17, 15) is 0 Å². The van der Waals surface area contributed by atoms with E-state index in [1.165, 1.54) is 63.7 Å². The van der Waals surface area contributed by atoms with Gasteiger partial charge in [-0.3, -0.25) is 0 Å². The van der Waals surface area contributed by atoms with E-state index in [2.05, 4.69) is 13.8 Å². The van der Waals surface area contributed by atoms with Crippen molar-refractivity contribution in [3.63, 3.8) is 0 Å². The molecule has 0 unspecified atom stereocenters. The lowest BCUT2D eigenvalue weighted by Crippen LogP contribution is -1.82. The minimum Gasteiger partial charge on any atom is -0.147 e. The summed E-state index contributed by atoms with van der Waals surface area (Å²) >= 11 is 0. The summed E-state index contributed by atoms with van der Waals surface area (Å²) in [4.78, 5) is 0. The van der Waals surface area contributed by atoms with Gasteiger partial charge < -0.3 is 0 Å². The van der Waals surface area contributed by atoms with Gasteiger partial charge in [0.2, 0.25) is 0 Å². The molecule has 0 bridgehead atoms. The molecule has 0 aromatic rings. The van der Waals surface area contributed by atoms with Gasteiger partial charge in [-0.05, 0) is 25.2 Å². The lowest BCUT2D eigenvalue weighted by atomic mass is 10.1. The molecule has 0 spiro atoms. The van der Waals surface area contributed by atoms with Crippen molar-refractivity contribution < 1.29 is 0 Å². The zero-order valence-corrected chi connectivity index (χ0v) is 11.6. The number of rotatable bonds is 10. The monoisotopic (exact) mass is 237 g/mol. The molecule has 0 nitrogen and oxygen atoms in total. The SMILES string of the molecule is CCCCCCCC[P]CCCC.Cl. The summed E-state index contributed by atoms with van der Waals surface area (Å²) in [6.45, 7) is 4.56. The van der Waals surface area contributed by atoms with Crippen LogP contribution in [0.1, 0.15) is 65.2 Å². The van der Waals surface area contributed by atoms with Gasteiger partial charge >= 0.3 is 0 Å². The summed E-state index contributed by atoms with van der Waals surface area (Å²) in [6, 6.07) is 0. The molecular weight excluding hydrogens is 211 g/mol. The van der Waals surface area contributed by atoms with Crippen LogP contribution in [-0.4, -0.2) is 12.3 Å². The van der Waals surface area contributed by atoms with Crippen molar-refractivity contribution in [1.29, 1.82) is 0 Å². The first-order valence-corrected chi connectivity index (χ1v) is 7.31. The van der Waals surface area contributed by atoms with Gasteiger partial charge in [0.25, 0.3) is 0 Å². The van der Waals surface area contributed by atoms with E-state index >= 15 is 0 Å². The molecular formula is C12H27ClP. The zero-order valence-electron chi connectivity index (χ0n) is 9.93. The maximum Gasteiger partial charge on any atom is -0.0287 e. The fourth-order valence-electron chi connectivity index (χ4n) is 1.39. The van der Waals surface area contributed by atoms with Crippen LogP contribution >= 0.6 is 21.0 Å². The molecule has 2 heteroatoms. The van der Waals surface area contributed by atoms with E-state index in [-0.39, 0.29) is 12.4 Å². The van der Waals surface area contributed by atoms with E-state index in [4.69, 9.17) is 0 Å². The molecule has 0 aromatic heterocycles. The molecule has 0 aromatic carbocycles. The van der Waals surface area contributed by atoms with Crippen molar-refractivity contribution in [2.45, 2.75) is 65.2 Å². The van der Waals surface area contributed by atoms with Gasteiger partial charge in [0.1, 0.15) is 0 Å². The van der Waals surface area contributed by atoms with Crippen molar-refractivity contribution in [2.24, 2.45) is 0 Å². The number of unbranched alkanes of at least 4 members (excludes halogenated alkanes) is 6. The standard InChI is InChI=1S/C12H26P.ClH/c1-3-5-7-8-9-10-12-13-11-6-4-2;/h3-12H2,1-2H3;1H. The first kappa shape index (κ1) is 17.1. The van der Waals surface area contributed by atoms with Crippen LogP contribution in [0.15, 0.2) is 0 Å². The lowest BCUT2D eigenvalue weighted by molar-refractivity contribution is 0.626. The third-order valence-corrected chi connectivity index (χ3v) is 3.60. The van der Waals surface area contributed by atoms with Crippen LogP contribution in [0.2, 0.25) is 0 Å². The van der Waals surface area contributed by atoms with Gasteiger partial charge in [-0.1, -0.05) is 61.0 Å². The van der Waals surface area contributed by atoms with Crippen molar-refractivity contribution in [3.8, 4) is 0 Å². The van der Waals surface area contributed by atoms with Crippen molar-refractivity contribution in [3.05, 3.63) is 0 Å². The normalized spacial score (nSPS) is 10.7. The van der Waals surface area contributed by atoms with Crippen LogP contribution in [0.3, 0.4) is 0 Å². The van der Waals surface area contributed by atoms with Gasteiger partial charge in [-0.2, -0.15) is 0 Å².